The highest BCUT2D eigenvalue weighted by molar-refractivity contribution is 5.96. The summed E-state index contributed by atoms with van der Waals surface area (Å²) in [4.78, 5) is 16.4. The summed E-state index contributed by atoms with van der Waals surface area (Å²) in [6.07, 6.45) is 3.97. The Morgan fingerprint density at radius 3 is 2.78 bits per heavy atom. The SMILES string of the molecule is Cc1ccc(C(=O)n2cnc(CCN)c2)cc1C. The molecular formula is C14H17N3O. The van der Waals surface area contributed by atoms with Crippen LogP contribution in [0.3, 0.4) is 0 Å². The van der Waals surface area contributed by atoms with E-state index < -0.39 is 0 Å². The first-order chi connectivity index (χ1) is 8.61. The van der Waals surface area contributed by atoms with E-state index in [1.165, 1.54) is 10.1 Å². The van der Waals surface area contributed by atoms with E-state index in [1.54, 1.807) is 12.5 Å². The van der Waals surface area contributed by atoms with Crippen molar-refractivity contribution in [2.24, 2.45) is 5.73 Å². The molecule has 0 fully saturated rings. The predicted octanol–water partition coefficient (Wildman–Crippen LogP) is 1.69. The standard InChI is InChI=1S/C14H17N3O/c1-10-3-4-12(7-11(10)2)14(18)17-8-13(5-6-15)16-9-17/h3-4,7-9H,5-6,15H2,1-2H3. The number of imidazole rings is 1. The highest BCUT2D eigenvalue weighted by atomic mass is 16.2. The molecule has 18 heavy (non-hydrogen) atoms. The average molecular weight is 243 g/mol. The van der Waals surface area contributed by atoms with E-state index in [-0.39, 0.29) is 5.91 Å². The van der Waals surface area contributed by atoms with Gasteiger partial charge in [0.25, 0.3) is 5.91 Å². The Morgan fingerprint density at radius 2 is 2.11 bits per heavy atom. The monoisotopic (exact) mass is 243 g/mol. The van der Waals surface area contributed by atoms with E-state index in [0.29, 0.717) is 18.5 Å². The lowest BCUT2D eigenvalue weighted by molar-refractivity contribution is 0.0959. The van der Waals surface area contributed by atoms with Gasteiger partial charge in [-0.3, -0.25) is 9.36 Å². The van der Waals surface area contributed by atoms with Gasteiger partial charge in [-0.1, -0.05) is 6.07 Å². The molecule has 4 nitrogen and oxygen atoms in total. The summed E-state index contributed by atoms with van der Waals surface area (Å²) >= 11 is 0. The number of aromatic nitrogens is 2. The van der Waals surface area contributed by atoms with Gasteiger partial charge in [0.15, 0.2) is 0 Å². The van der Waals surface area contributed by atoms with Gasteiger partial charge in [0.2, 0.25) is 0 Å². The summed E-state index contributed by atoms with van der Waals surface area (Å²) in [6, 6.07) is 5.70. The molecule has 0 bridgehead atoms. The maximum Gasteiger partial charge on any atom is 0.263 e. The number of benzene rings is 1. The molecule has 0 aliphatic heterocycles. The van der Waals surface area contributed by atoms with E-state index in [0.717, 1.165) is 11.3 Å². The summed E-state index contributed by atoms with van der Waals surface area (Å²) in [5.41, 5.74) is 9.27. The van der Waals surface area contributed by atoms with Crippen LogP contribution in [-0.4, -0.2) is 22.0 Å². The normalized spacial score (nSPS) is 10.6. The van der Waals surface area contributed by atoms with Crippen LogP contribution in [0.2, 0.25) is 0 Å². The highest BCUT2D eigenvalue weighted by Gasteiger charge is 2.10. The molecule has 0 radical (unpaired) electrons. The zero-order valence-corrected chi connectivity index (χ0v) is 10.7. The zero-order valence-electron chi connectivity index (χ0n) is 10.7. The largest absolute Gasteiger partial charge is 0.330 e. The quantitative estimate of drug-likeness (QED) is 0.892. The third-order valence-electron chi connectivity index (χ3n) is 3.02. The molecule has 1 aromatic carbocycles. The number of carbonyl (C=O) groups is 1. The summed E-state index contributed by atoms with van der Waals surface area (Å²) in [7, 11) is 0. The van der Waals surface area contributed by atoms with E-state index in [9.17, 15) is 4.79 Å². The Balaban J connectivity index is 2.26. The van der Waals surface area contributed by atoms with E-state index >= 15 is 0 Å². The van der Waals surface area contributed by atoms with Crippen molar-refractivity contribution < 1.29 is 4.79 Å². The molecule has 1 aromatic heterocycles. The lowest BCUT2D eigenvalue weighted by Gasteiger charge is -2.04. The first-order valence-electron chi connectivity index (χ1n) is 5.96. The number of hydrogen-bond acceptors (Lipinski definition) is 3. The van der Waals surface area contributed by atoms with Crippen LogP contribution in [0, 0.1) is 13.8 Å². The van der Waals surface area contributed by atoms with Crippen molar-refractivity contribution in [2.45, 2.75) is 20.3 Å². The molecule has 0 aliphatic carbocycles. The molecule has 0 saturated carbocycles. The van der Waals surface area contributed by atoms with Gasteiger partial charge >= 0.3 is 0 Å². The van der Waals surface area contributed by atoms with Gasteiger partial charge in [-0.25, -0.2) is 4.98 Å². The molecule has 1 heterocycles. The number of hydrogen-bond donors (Lipinski definition) is 1. The molecule has 94 valence electrons. The van der Waals surface area contributed by atoms with Crippen LogP contribution in [0.25, 0.3) is 0 Å². The Labute approximate surface area is 106 Å². The van der Waals surface area contributed by atoms with Gasteiger partial charge in [-0.05, 0) is 43.7 Å². The second kappa shape index (κ2) is 5.14. The zero-order chi connectivity index (χ0) is 13.1. The van der Waals surface area contributed by atoms with Crippen LogP contribution < -0.4 is 5.73 Å². The Hall–Kier alpha value is -1.94. The van der Waals surface area contributed by atoms with Gasteiger partial charge in [0, 0.05) is 18.2 Å². The molecule has 0 unspecified atom stereocenters. The second-order valence-electron chi connectivity index (χ2n) is 4.42. The minimum Gasteiger partial charge on any atom is -0.330 e. The molecule has 2 rings (SSSR count). The molecular weight excluding hydrogens is 226 g/mol. The van der Waals surface area contributed by atoms with Crippen molar-refractivity contribution in [1.29, 1.82) is 0 Å². The van der Waals surface area contributed by atoms with Crippen LogP contribution in [-0.2, 0) is 6.42 Å². The molecule has 4 heteroatoms. The summed E-state index contributed by atoms with van der Waals surface area (Å²) < 4.78 is 1.51. The van der Waals surface area contributed by atoms with Crippen LogP contribution in [0.4, 0.5) is 0 Å². The van der Waals surface area contributed by atoms with E-state index in [2.05, 4.69) is 4.98 Å². The lowest BCUT2D eigenvalue weighted by Crippen LogP contribution is -2.10. The first-order valence-corrected chi connectivity index (χ1v) is 5.96. The number of rotatable bonds is 3. The summed E-state index contributed by atoms with van der Waals surface area (Å²) in [5.74, 6) is -0.0612. The van der Waals surface area contributed by atoms with Crippen LogP contribution >= 0.6 is 0 Å². The fourth-order valence-electron chi connectivity index (χ4n) is 1.78. The molecule has 0 aliphatic rings. The highest BCUT2D eigenvalue weighted by Crippen LogP contribution is 2.11. The van der Waals surface area contributed by atoms with Crippen molar-refractivity contribution in [3.05, 3.63) is 53.1 Å². The van der Waals surface area contributed by atoms with Gasteiger partial charge in [-0.2, -0.15) is 0 Å². The van der Waals surface area contributed by atoms with Crippen LogP contribution in [0.15, 0.2) is 30.7 Å². The Bertz CT molecular complexity index is 572. The van der Waals surface area contributed by atoms with Gasteiger partial charge in [0.05, 0.1) is 5.69 Å². The Morgan fingerprint density at radius 1 is 1.33 bits per heavy atom. The van der Waals surface area contributed by atoms with Gasteiger partial charge < -0.3 is 5.73 Å². The number of nitrogens with zero attached hydrogens (tertiary/aromatic N) is 2. The minimum absolute atomic E-state index is 0.0612. The molecule has 0 amide bonds. The van der Waals surface area contributed by atoms with Crippen LogP contribution in [0.1, 0.15) is 27.2 Å². The number of carbonyl (C=O) groups excluding carboxylic acids is 1. The smallest absolute Gasteiger partial charge is 0.263 e. The second-order valence-corrected chi connectivity index (χ2v) is 4.42. The third kappa shape index (κ3) is 2.49. The van der Waals surface area contributed by atoms with Crippen molar-refractivity contribution in [2.75, 3.05) is 6.54 Å². The van der Waals surface area contributed by atoms with Crippen LogP contribution in [0.5, 0.6) is 0 Å². The summed E-state index contributed by atoms with van der Waals surface area (Å²) in [6.45, 7) is 4.56. The minimum atomic E-state index is -0.0612. The molecule has 0 atom stereocenters. The predicted molar refractivity (Wildman–Crippen MR) is 70.6 cm³/mol. The molecule has 0 spiro atoms. The number of nitrogens with two attached hydrogens (primary N) is 1. The fourth-order valence-corrected chi connectivity index (χ4v) is 1.78. The average Bonchev–Trinajstić information content (AvgIpc) is 2.81. The van der Waals surface area contributed by atoms with E-state index in [1.807, 2.05) is 32.0 Å². The molecule has 0 saturated heterocycles. The van der Waals surface area contributed by atoms with Crippen molar-refractivity contribution in [3.8, 4) is 0 Å². The topological polar surface area (TPSA) is 60.9 Å². The van der Waals surface area contributed by atoms with E-state index in [4.69, 9.17) is 5.73 Å². The molecule has 2 N–H and O–H groups in total. The van der Waals surface area contributed by atoms with Crippen molar-refractivity contribution in [3.63, 3.8) is 0 Å². The first kappa shape index (κ1) is 12.5. The summed E-state index contributed by atoms with van der Waals surface area (Å²) in [5, 5.41) is 0. The maximum atomic E-state index is 12.2. The maximum absolute atomic E-state index is 12.2. The number of aryl methyl sites for hydroxylation is 2. The van der Waals surface area contributed by atoms with Gasteiger partial charge in [-0.15, -0.1) is 0 Å². The Kier molecular flexibility index (Phi) is 3.58. The van der Waals surface area contributed by atoms with Crippen molar-refractivity contribution >= 4 is 5.91 Å². The lowest BCUT2D eigenvalue weighted by atomic mass is 10.1. The fraction of sp³-hybridized carbons (Fsp3) is 0.286. The van der Waals surface area contributed by atoms with Crippen molar-refractivity contribution in [1.82, 2.24) is 9.55 Å². The van der Waals surface area contributed by atoms with Gasteiger partial charge in [0.1, 0.15) is 6.33 Å². The third-order valence-corrected chi connectivity index (χ3v) is 3.02. The molecule has 2 aromatic rings.